The summed E-state index contributed by atoms with van der Waals surface area (Å²) >= 11 is 0. The first-order chi connectivity index (χ1) is 9.16. The summed E-state index contributed by atoms with van der Waals surface area (Å²) in [5, 5.41) is 3.05. The van der Waals surface area contributed by atoms with Crippen LogP contribution in [-0.2, 0) is 0 Å². The Bertz CT molecular complexity index is 558. The Balaban J connectivity index is 1.82. The largest absolute Gasteiger partial charge is 0.492 e. The van der Waals surface area contributed by atoms with Crippen LogP contribution in [0.5, 0.6) is 5.75 Å². The highest BCUT2D eigenvalue weighted by molar-refractivity contribution is 5.66. The van der Waals surface area contributed by atoms with Crippen LogP contribution in [0.4, 0.5) is 15.8 Å². The lowest BCUT2D eigenvalue weighted by Gasteiger charge is -2.11. The molecule has 0 spiro atoms. The van der Waals surface area contributed by atoms with E-state index in [-0.39, 0.29) is 5.69 Å². The van der Waals surface area contributed by atoms with Gasteiger partial charge in [-0.05, 0) is 36.8 Å². The van der Waals surface area contributed by atoms with Gasteiger partial charge in [0.2, 0.25) is 0 Å². The predicted molar refractivity (Wildman–Crippen MR) is 76.0 cm³/mol. The Labute approximate surface area is 112 Å². The zero-order valence-electron chi connectivity index (χ0n) is 10.8. The molecule has 0 radical (unpaired) electrons. The van der Waals surface area contributed by atoms with Crippen molar-refractivity contribution < 1.29 is 9.13 Å². The molecule has 0 unspecified atom stereocenters. The third kappa shape index (κ3) is 3.61. The quantitative estimate of drug-likeness (QED) is 0.641. The van der Waals surface area contributed by atoms with Crippen molar-refractivity contribution >= 4 is 11.4 Å². The Kier molecular flexibility index (Phi) is 4.23. The van der Waals surface area contributed by atoms with Crippen LogP contribution in [0.15, 0.2) is 42.5 Å². The molecule has 3 N–H and O–H groups in total. The number of aryl methyl sites for hydroxylation is 1. The number of anilines is 2. The van der Waals surface area contributed by atoms with Gasteiger partial charge in [0, 0.05) is 6.54 Å². The van der Waals surface area contributed by atoms with Gasteiger partial charge in [-0.2, -0.15) is 0 Å². The molecule has 19 heavy (non-hydrogen) atoms. The van der Waals surface area contributed by atoms with Gasteiger partial charge in [-0.15, -0.1) is 0 Å². The number of nitrogens with two attached hydrogens (primary N) is 1. The van der Waals surface area contributed by atoms with Crippen LogP contribution in [0.1, 0.15) is 5.56 Å². The number of para-hydroxylation sites is 1. The normalized spacial score (nSPS) is 10.2. The highest BCUT2D eigenvalue weighted by Crippen LogP contribution is 2.20. The SMILES string of the molecule is Cc1cccc(OCCNc2cccc(F)c2N)c1. The van der Waals surface area contributed by atoms with E-state index in [0.29, 0.717) is 18.8 Å². The van der Waals surface area contributed by atoms with E-state index in [1.807, 2.05) is 31.2 Å². The van der Waals surface area contributed by atoms with Crippen LogP contribution in [-0.4, -0.2) is 13.2 Å². The summed E-state index contributed by atoms with van der Waals surface area (Å²) in [5.41, 5.74) is 7.50. The van der Waals surface area contributed by atoms with E-state index >= 15 is 0 Å². The van der Waals surface area contributed by atoms with E-state index in [1.165, 1.54) is 6.07 Å². The Hall–Kier alpha value is -2.23. The number of halogens is 1. The Morgan fingerprint density at radius 1 is 1.21 bits per heavy atom. The summed E-state index contributed by atoms with van der Waals surface area (Å²) in [6, 6.07) is 12.5. The topological polar surface area (TPSA) is 47.3 Å². The van der Waals surface area contributed by atoms with Gasteiger partial charge in [0.25, 0.3) is 0 Å². The summed E-state index contributed by atoms with van der Waals surface area (Å²) in [7, 11) is 0. The lowest BCUT2D eigenvalue weighted by atomic mass is 10.2. The van der Waals surface area contributed by atoms with Gasteiger partial charge in [0.1, 0.15) is 18.2 Å². The van der Waals surface area contributed by atoms with Crippen LogP contribution >= 0.6 is 0 Å². The summed E-state index contributed by atoms with van der Waals surface area (Å²) < 4.78 is 18.8. The predicted octanol–water partition coefficient (Wildman–Crippen LogP) is 3.21. The fourth-order valence-corrected chi connectivity index (χ4v) is 1.75. The van der Waals surface area contributed by atoms with Crippen molar-refractivity contribution in [2.24, 2.45) is 0 Å². The molecular weight excluding hydrogens is 243 g/mol. The van der Waals surface area contributed by atoms with Crippen LogP contribution in [0.3, 0.4) is 0 Å². The molecule has 0 atom stereocenters. The van der Waals surface area contributed by atoms with Crippen molar-refractivity contribution in [3.63, 3.8) is 0 Å². The van der Waals surface area contributed by atoms with Crippen molar-refractivity contribution in [1.82, 2.24) is 0 Å². The highest BCUT2D eigenvalue weighted by Gasteiger charge is 2.03. The van der Waals surface area contributed by atoms with E-state index in [0.717, 1.165) is 11.3 Å². The minimum absolute atomic E-state index is 0.137. The van der Waals surface area contributed by atoms with E-state index < -0.39 is 5.82 Å². The second kappa shape index (κ2) is 6.09. The number of hydrogen-bond acceptors (Lipinski definition) is 3. The van der Waals surface area contributed by atoms with E-state index in [9.17, 15) is 4.39 Å². The minimum atomic E-state index is -0.412. The van der Waals surface area contributed by atoms with Crippen LogP contribution in [0.25, 0.3) is 0 Å². The van der Waals surface area contributed by atoms with Crippen molar-refractivity contribution in [3.05, 3.63) is 53.8 Å². The molecule has 4 heteroatoms. The standard InChI is InChI=1S/C15H17FN2O/c1-11-4-2-5-12(10-11)19-9-8-18-14-7-3-6-13(16)15(14)17/h2-7,10,18H,8-9,17H2,1H3. The molecular formula is C15H17FN2O. The summed E-state index contributed by atoms with van der Waals surface area (Å²) in [5.74, 6) is 0.415. The van der Waals surface area contributed by atoms with Gasteiger partial charge < -0.3 is 15.8 Å². The van der Waals surface area contributed by atoms with Gasteiger partial charge in [-0.25, -0.2) is 4.39 Å². The van der Waals surface area contributed by atoms with Crippen LogP contribution in [0, 0.1) is 12.7 Å². The average Bonchev–Trinajstić information content (AvgIpc) is 2.39. The second-order valence-electron chi connectivity index (χ2n) is 4.29. The summed E-state index contributed by atoms with van der Waals surface area (Å²) in [4.78, 5) is 0. The molecule has 0 aromatic heterocycles. The molecule has 0 saturated heterocycles. The van der Waals surface area contributed by atoms with Gasteiger partial charge in [-0.1, -0.05) is 18.2 Å². The molecule has 0 aliphatic rings. The Morgan fingerprint density at radius 3 is 2.79 bits per heavy atom. The van der Waals surface area contributed by atoms with Crippen LogP contribution < -0.4 is 15.8 Å². The number of rotatable bonds is 5. The average molecular weight is 260 g/mol. The summed E-state index contributed by atoms with van der Waals surface area (Å²) in [6.07, 6.45) is 0. The Morgan fingerprint density at radius 2 is 2.00 bits per heavy atom. The molecule has 0 aliphatic heterocycles. The maximum Gasteiger partial charge on any atom is 0.148 e. The van der Waals surface area contributed by atoms with Gasteiger partial charge >= 0.3 is 0 Å². The molecule has 0 heterocycles. The van der Waals surface area contributed by atoms with Crippen molar-refractivity contribution in [2.45, 2.75) is 6.92 Å². The van der Waals surface area contributed by atoms with Crippen molar-refractivity contribution in [2.75, 3.05) is 24.2 Å². The van der Waals surface area contributed by atoms with E-state index in [1.54, 1.807) is 12.1 Å². The minimum Gasteiger partial charge on any atom is -0.492 e. The highest BCUT2D eigenvalue weighted by atomic mass is 19.1. The first-order valence-electron chi connectivity index (χ1n) is 6.14. The lowest BCUT2D eigenvalue weighted by Crippen LogP contribution is -2.13. The maximum absolute atomic E-state index is 13.2. The second-order valence-corrected chi connectivity index (χ2v) is 4.29. The van der Waals surface area contributed by atoms with Crippen LogP contribution in [0.2, 0.25) is 0 Å². The number of nitrogens with one attached hydrogen (secondary N) is 1. The third-order valence-corrected chi connectivity index (χ3v) is 2.73. The van der Waals surface area contributed by atoms with Gasteiger partial charge in [0.05, 0.1) is 11.4 Å². The molecule has 100 valence electrons. The van der Waals surface area contributed by atoms with E-state index in [4.69, 9.17) is 10.5 Å². The fourth-order valence-electron chi connectivity index (χ4n) is 1.75. The van der Waals surface area contributed by atoms with Crippen molar-refractivity contribution in [3.8, 4) is 5.75 Å². The van der Waals surface area contributed by atoms with Gasteiger partial charge in [-0.3, -0.25) is 0 Å². The molecule has 2 rings (SSSR count). The molecule has 0 amide bonds. The lowest BCUT2D eigenvalue weighted by molar-refractivity contribution is 0.332. The summed E-state index contributed by atoms with van der Waals surface area (Å²) in [6.45, 7) is 3.06. The number of benzene rings is 2. The molecule has 2 aromatic carbocycles. The smallest absolute Gasteiger partial charge is 0.148 e. The zero-order valence-corrected chi connectivity index (χ0v) is 10.8. The van der Waals surface area contributed by atoms with E-state index in [2.05, 4.69) is 5.32 Å². The number of hydrogen-bond donors (Lipinski definition) is 2. The third-order valence-electron chi connectivity index (χ3n) is 2.73. The molecule has 3 nitrogen and oxygen atoms in total. The molecule has 0 aliphatic carbocycles. The number of nitrogen functional groups attached to an aromatic ring is 1. The fraction of sp³-hybridized carbons (Fsp3) is 0.200. The number of ether oxygens (including phenoxy) is 1. The maximum atomic E-state index is 13.2. The first-order valence-corrected chi connectivity index (χ1v) is 6.14. The molecule has 0 saturated carbocycles. The van der Waals surface area contributed by atoms with Crippen molar-refractivity contribution in [1.29, 1.82) is 0 Å². The first kappa shape index (κ1) is 13.2. The zero-order chi connectivity index (χ0) is 13.7. The monoisotopic (exact) mass is 260 g/mol. The molecule has 0 fully saturated rings. The van der Waals surface area contributed by atoms with Gasteiger partial charge in [0.15, 0.2) is 0 Å². The molecule has 2 aromatic rings. The molecule has 0 bridgehead atoms.